The van der Waals surface area contributed by atoms with Crippen molar-refractivity contribution in [2.24, 2.45) is 0 Å². The predicted molar refractivity (Wildman–Crippen MR) is 77.2 cm³/mol. The predicted octanol–water partition coefficient (Wildman–Crippen LogP) is 4.62. The molecule has 0 atom stereocenters. The van der Waals surface area contributed by atoms with Gasteiger partial charge >= 0.3 is 5.97 Å². The van der Waals surface area contributed by atoms with Gasteiger partial charge < -0.3 is 9.84 Å². The van der Waals surface area contributed by atoms with Gasteiger partial charge in [-0.3, -0.25) is 0 Å². The molecule has 0 bridgehead atoms. The van der Waals surface area contributed by atoms with Crippen LogP contribution in [0, 0.1) is 11.6 Å². The summed E-state index contributed by atoms with van der Waals surface area (Å²) in [6, 6.07) is 8.02. The first kappa shape index (κ1) is 15.2. The summed E-state index contributed by atoms with van der Waals surface area (Å²) in [5, 5.41) is 8.62. The maximum Gasteiger partial charge on any atom is 0.328 e. The molecule has 0 spiro atoms. The molecule has 0 aliphatic heterocycles. The highest BCUT2D eigenvalue weighted by molar-refractivity contribution is 9.10. The van der Waals surface area contributed by atoms with Crippen molar-refractivity contribution >= 4 is 28.0 Å². The maximum atomic E-state index is 13.9. The number of carboxylic acid groups (broad SMARTS) is 1. The number of hydrogen-bond donors (Lipinski definition) is 1. The molecule has 6 heteroatoms. The van der Waals surface area contributed by atoms with E-state index < -0.39 is 17.6 Å². The lowest BCUT2D eigenvalue weighted by Crippen LogP contribution is -1.95. The molecule has 0 amide bonds. The van der Waals surface area contributed by atoms with Gasteiger partial charge in [0.1, 0.15) is 0 Å². The molecule has 21 heavy (non-hydrogen) atoms. The van der Waals surface area contributed by atoms with Gasteiger partial charge in [0, 0.05) is 16.1 Å². The van der Waals surface area contributed by atoms with Gasteiger partial charge in [0.05, 0.1) is 0 Å². The minimum absolute atomic E-state index is 0.167. The third-order valence-corrected chi connectivity index (χ3v) is 3.00. The first-order valence-corrected chi connectivity index (χ1v) is 6.59. The zero-order chi connectivity index (χ0) is 15.4. The fourth-order valence-electron chi connectivity index (χ4n) is 1.59. The summed E-state index contributed by atoms with van der Waals surface area (Å²) in [6.45, 7) is 0. The first-order chi connectivity index (χ1) is 9.97. The highest BCUT2D eigenvalue weighted by atomic mass is 79.9. The third kappa shape index (κ3) is 3.88. The molecule has 0 aliphatic carbocycles. The van der Waals surface area contributed by atoms with Crippen LogP contribution in [0.4, 0.5) is 8.78 Å². The Morgan fingerprint density at radius 3 is 2.67 bits per heavy atom. The Bertz CT molecular complexity index is 714. The molecule has 0 saturated carbocycles. The number of carboxylic acids is 1. The molecule has 0 radical (unpaired) electrons. The van der Waals surface area contributed by atoms with E-state index in [9.17, 15) is 13.6 Å². The molecule has 2 aromatic carbocycles. The van der Waals surface area contributed by atoms with E-state index in [1.165, 1.54) is 36.4 Å². The molecule has 1 N–H and O–H groups in total. The van der Waals surface area contributed by atoms with Crippen LogP contribution in [-0.2, 0) is 4.79 Å². The van der Waals surface area contributed by atoms with E-state index in [-0.39, 0.29) is 17.1 Å². The van der Waals surface area contributed by atoms with Crippen molar-refractivity contribution in [3.05, 3.63) is 64.1 Å². The SMILES string of the molecule is O=C(O)/C=C/c1cccc(F)c1Oc1cc(Br)ccc1F. The van der Waals surface area contributed by atoms with Crippen molar-refractivity contribution in [1.29, 1.82) is 0 Å². The van der Waals surface area contributed by atoms with Gasteiger partial charge in [-0.1, -0.05) is 28.1 Å². The standard InChI is InChI=1S/C15H9BrF2O3/c16-10-5-6-11(17)13(8-10)21-15-9(4-7-14(19)20)2-1-3-12(15)18/h1-8H,(H,19,20)/b7-4+. The number of hydrogen-bond acceptors (Lipinski definition) is 2. The summed E-state index contributed by atoms with van der Waals surface area (Å²) in [6.07, 6.45) is 2.02. The summed E-state index contributed by atoms with van der Waals surface area (Å²) < 4.78 is 33.3. The summed E-state index contributed by atoms with van der Waals surface area (Å²) in [7, 11) is 0. The van der Waals surface area contributed by atoms with E-state index in [1.54, 1.807) is 0 Å². The third-order valence-electron chi connectivity index (χ3n) is 2.51. The van der Waals surface area contributed by atoms with E-state index in [1.807, 2.05) is 0 Å². The Morgan fingerprint density at radius 1 is 1.19 bits per heavy atom. The fourth-order valence-corrected chi connectivity index (χ4v) is 1.93. The lowest BCUT2D eigenvalue weighted by atomic mass is 10.1. The molecule has 108 valence electrons. The van der Waals surface area contributed by atoms with Crippen molar-refractivity contribution in [2.75, 3.05) is 0 Å². The average molecular weight is 355 g/mol. The van der Waals surface area contributed by atoms with Gasteiger partial charge in [0.2, 0.25) is 0 Å². The largest absolute Gasteiger partial charge is 0.478 e. The lowest BCUT2D eigenvalue weighted by Gasteiger charge is -2.11. The second kappa shape index (κ2) is 6.49. The molecule has 3 nitrogen and oxygen atoms in total. The van der Waals surface area contributed by atoms with Crippen LogP contribution in [0.3, 0.4) is 0 Å². The Hall–Kier alpha value is -2.21. The van der Waals surface area contributed by atoms with Crippen molar-refractivity contribution in [3.63, 3.8) is 0 Å². The lowest BCUT2D eigenvalue weighted by molar-refractivity contribution is -0.131. The van der Waals surface area contributed by atoms with Gasteiger partial charge in [-0.25, -0.2) is 13.6 Å². The van der Waals surface area contributed by atoms with Crippen LogP contribution in [0.25, 0.3) is 6.08 Å². The molecule has 0 heterocycles. The van der Waals surface area contributed by atoms with E-state index in [2.05, 4.69) is 15.9 Å². The van der Waals surface area contributed by atoms with Crippen LogP contribution in [0.1, 0.15) is 5.56 Å². The summed E-state index contributed by atoms with van der Waals surface area (Å²) >= 11 is 3.16. The molecule has 0 aromatic heterocycles. The average Bonchev–Trinajstić information content (AvgIpc) is 2.43. The van der Waals surface area contributed by atoms with E-state index >= 15 is 0 Å². The topological polar surface area (TPSA) is 46.5 Å². The number of para-hydroxylation sites is 1. The normalized spacial score (nSPS) is 10.8. The minimum atomic E-state index is -1.18. The number of rotatable bonds is 4. The highest BCUT2D eigenvalue weighted by Crippen LogP contribution is 2.32. The molecular weight excluding hydrogens is 346 g/mol. The number of benzene rings is 2. The second-order valence-electron chi connectivity index (χ2n) is 4.01. The van der Waals surface area contributed by atoms with Crippen LogP contribution in [-0.4, -0.2) is 11.1 Å². The summed E-state index contributed by atoms with van der Waals surface area (Å²) in [4.78, 5) is 10.5. The van der Waals surface area contributed by atoms with Crippen LogP contribution in [0.15, 0.2) is 46.9 Å². The van der Waals surface area contributed by atoms with E-state index in [0.717, 1.165) is 12.1 Å². The Kier molecular flexibility index (Phi) is 4.70. The number of aliphatic carboxylic acids is 1. The van der Waals surface area contributed by atoms with Crippen LogP contribution in [0.2, 0.25) is 0 Å². The molecule has 0 aliphatic rings. The fraction of sp³-hybridized carbons (Fsp3) is 0. The summed E-state index contributed by atoms with van der Waals surface area (Å²) in [5.74, 6) is -2.97. The van der Waals surface area contributed by atoms with Crippen molar-refractivity contribution < 1.29 is 23.4 Å². The molecule has 0 unspecified atom stereocenters. The monoisotopic (exact) mass is 354 g/mol. The number of halogens is 3. The molecule has 2 rings (SSSR count). The van der Waals surface area contributed by atoms with Gasteiger partial charge in [-0.2, -0.15) is 0 Å². The second-order valence-corrected chi connectivity index (χ2v) is 4.92. The van der Waals surface area contributed by atoms with Crippen molar-refractivity contribution in [1.82, 2.24) is 0 Å². The quantitative estimate of drug-likeness (QED) is 0.815. The van der Waals surface area contributed by atoms with Crippen LogP contribution >= 0.6 is 15.9 Å². The zero-order valence-corrected chi connectivity index (χ0v) is 12.1. The summed E-state index contributed by atoms with van der Waals surface area (Å²) in [5.41, 5.74) is 0.191. The molecule has 0 saturated heterocycles. The molecule has 0 fully saturated rings. The Morgan fingerprint density at radius 2 is 1.95 bits per heavy atom. The van der Waals surface area contributed by atoms with E-state index in [0.29, 0.717) is 4.47 Å². The Labute approximate surface area is 127 Å². The highest BCUT2D eigenvalue weighted by Gasteiger charge is 2.12. The zero-order valence-electron chi connectivity index (χ0n) is 10.5. The van der Waals surface area contributed by atoms with Gasteiger partial charge in [-0.15, -0.1) is 0 Å². The smallest absolute Gasteiger partial charge is 0.328 e. The van der Waals surface area contributed by atoms with Crippen molar-refractivity contribution in [2.45, 2.75) is 0 Å². The van der Waals surface area contributed by atoms with Gasteiger partial charge in [-0.05, 0) is 30.3 Å². The van der Waals surface area contributed by atoms with Crippen molar-refractivity contribution in [3.8, 4) is 11.5 Å². The Balaban J connectivity index is 2.43. The van der Waals surface area contributed by atoms with Crippen LogP contribution < -0.4 is 4.74 Å². The molecular formula is C15H9BrF2O3. The minimum Gasteiger partial charge on any atom is -0.478 e. The molecule has 2 aromatic rings. The number of carbonyl (C=O) groups is 1. The maximum absolute atomic E-state index is 13.9. The van der Waals surface area contributed by atoms with E-state index in [4.69, 9.17) is 9.84 Å². The van der Waals surface area contributed by atoms with Gasteiger partial charge in [0.15, 0.2) is 23.1 Å². The number of ether oxygens (including phenoxy) is 1. The first-order valence-electron chi connectivity index (χ1n) is 5.80. The van der Waals surface area contributed by atoms with Crippen LogP contribution in [0.5, 0.6) is 11.5 Å². The van der Waals surface area contributed by atoms with Gasteiger partial charge in [0.25, 0.3) is 0 Å².